The van der Waals surface area contributed by atoms with Gasteiger partial charge in [-0.1, -0.05) is 30.0 Å². The van der Waals surface area contributed by atoms with E-state index in [1.54, 1.807) is 12.1 Å². The van der Waals surface area contributed by atoms with Gasteiger partial charge in [0.1, 0.15) is 5.82 Å². The van der Waals surface area contributed by atoms with Crippen molar-refractivity contribution >= 4 is 23.6 Å². The van der Waals surface area contributed by atoms with Crippen LogP contribution < -0.4 is 5.32 Å². The van der Waals surface area contributed by atoms with Crippen molar-refractivity contribution in [2.45, 2.75) is 24.0 Å². The summed E-state index contributed by atoms with van der Waals surface area (Å²) in [7, 11) is 0. The molecule has 2 heterocycles. The van der Waals surface area contributed by atoms with Gasteiger partial charge in [0.05, 0.1) is 12.3 Å². The van der Waals surface area contributed by atoms with Crippen LogP contribution in [0.4, 0.5) is 4.39 Å². The molecule has 10 heteroatoms. The minimum absolute atomic E-state index is 0.0306. The first-order valence-corrected chi connectivity index (χ1v) is 12.7. The van der Waals surface area contributed by atoms with E-state index in [4.69, 9.17) is 0 Å². The van der Waals surface area contributed by atoms with Crippen molar-refractivity contribution in [3.05, 3.63) is 60.4 Å². The third-order valence-electron chi connectivity index (χ3n) is 6.11. The summed E-state index contributed by atoms with van der Waals surface area (Å²) < 4.78 is 15.3. The molecule has 2 amide bonds. The average Bonchev–Trinajstić information content (AvgIpc) is 3.59. The van der Waals surface area contributed by atoms with Crippen LogP contribution in [-0.2, 0) is 9.59 Å². The molecule has 2 aromatic carbocycles. The summed E-state index contributed by atoms with van der Waals surface area (Å²) in [4.78, 5) is 28.9. The Bertz CT molecular complexity index is 1170. The molecule has 8 nitrogen and oxygen atoms in total. The van der Waals surface area contributed by atoms with Gasteiger partial charge in [-0.25, -0.2) is 4.39 Å². The molecular formula is C25H27FN6O2S. The van der Waals surface area contributed by atoms with E-state index in [1.165, 1.54) is 23.9 Å². The highest BCUT2D eigenvalue weighted by molar-refractivity contribution is 7.99. The van der Waals surface area contributed by atoms with E-state index >= 15 is 0 Å². The number of amides is 2. The lowest BCUT2D eigenvalue weighted by molar-refractivity contribution is -0.130. The number of nitrogens with zero attached hydrogens (tertiary/aromatic N) is 5. The topological polar surface area (TPSA) is 83.4 Å². The number of hydrogen-bond donors (Lipinski definition) is 1. The predicted octanol–water partition coefficient (Wildman–Crippen LogP) is 2.59. The lowest BCUT2D eigenvalue weighted by atomic mass is 10.2. The summed E-state index contributed by atoms with van der Waals surface area (Å²) in [5, 5.41) is 12.3. The maximum Gasteiger partial charge on any atom is 0.234 e. The second-order valence-corrected chi connectivity index (χ2v) is 9.71. The Morgan fingerprint density at radius 1 is 0.971 bits per heavy atom. The number of piperazine rings is 1. The number of carbonyl (C=O) groups excluding carboxylic acids is 2. The fourth-order valence-electron chi connectivity index (χ4n) is 4.04. The molecule has 1 saturated heterocycles. The SMILES string of the molecule is O=C(CN1CCN(C(=O)CSc2nnc(-c3ccc(F)cc3)n2-c2ccccc2)CC1)NC1CC1. The smallest absolute Gasteiger partial charge is 0.234 e. The van der Waals surface area contributed by atoms with Crippen LogP contribution in [0.25, 0.3) is 17.1 Å². The van der Waals surface area contributed by atoms with E-state index < -0.39 is 0 Å². The number of carbonyl (C=O) groups is 2. The Morgan fingerprint density at radius 3 is 2.37 bits per heavy atom. The van der Waals surface area contributed by atoms with Gasteiger partial charge in [-0.05, 0) is 49.2 Å². The Balaban J connectivity index is 1.22. The third-order valence-corrected chi connectivity index (χ3v) is 7.02. The normalized spacial score (nSPS) is 16.3. The molecule has 3 aromatic rings. The quantitative estimate of drug-likeness (QED) is 0.485. The molecule has 0 radical (unpaired) electrons. The first-order valence-electron chi connectivity index (χ1n) is 11.8. The zero-order chi connectivity index (χ0) is 24.2. The molecule has 0 atom stereocenters. The maximum absolute atomic E-state index is 13.4. The van der Waals surface area contributed by atoms with Crippen molar-refractivity contribution < 1.29 is 14.0 Å². The van der Waals surface area contributed by atoms with Gasteiger partial charge in [0, 0.05) is 43.5 Å². The fourth-order valence-corrected chi connectivity index (χ4v) is 4.89. The molecule has 1 N–H and O–H groups in total. The first-order chi connectivity index (χ1) is 17.1. The van der Waals surface area contributed by atoms with Crippen molar-refractivity contribution in [2.24, 2.45) is 0 Å². The number of aromatic nitrogens is 3. The highest BCUT2D eigenvalue weighted by atomic mass is 32.2. The Labute approximate surface area is 207 Å². The Morgan fingerprint density at radius 2 is 1.69 bits per heavy atom. The first kappa shape index (κ1) is 23.5. The van der Waals surface area contributed by atoms with Crippen LogP contribution in [0.5, 0.6) is 0 Å². The number of thioether (sulfide) groups is 1. The molecule has 2 aliphatic rings. The molecule has 35 heavy (non-hydrogen) atoms. The number of halogens is 1. The van der Waals surface area contributed by atoms with Crippen LogP contribution in [0.1, 0.15) is 12.8 Å². The second-order valence-electron chi connectivity index (χ2n) is 8.77. The lowest BCUT2D eigenvalue weighted by Gasteiger charge is -2.34. The van der Waals surface area contributed by atoms with Gasteiger partial charge in [-0.15, -0.1) is 10.2 Å². The molecule has 0 unspecified atom stereocenters. The van der Waals surface area contributed by atoms with E-state index in [-0.39, 0.29) is 23.4 Å². The second kappa shape index (κ2) is 10.6. The molecule has 1 aliphatic carbocycles. The molecular weight excluding hydrogens is 467 g/mol. The number of hydrogen-bond acceptors (Lipinski definition) is 6. The van der Waals surface area contributed by atoms with E-state index in [9.17, 15) is 14.0 Å². The maximum atomic E-state index is 13.4. The summed E-state index contributed by atoms with van der Waals surface area (Å²) in [5.41, 5.74) is 1.60. The van der Waals surface area contributed by atoms with Crippen LogP contribution >= 0.6 is 11.8 Å². The largest absolute Gasteiger partial charge is 0.352 e. The molecule has 182 valence electrons. The van der Waals surface area contributed by atoms with Crippen molar-refractivity contribution in [1.82, 2.24) is 29.9 Å². The summed E-state index contributed by atoms with van der Waals surface area (Å²) in [6.45, 7) is 2.96. The van der Waals surface area contributed by atoms with Crippen LogP contribution in [0.2, 0.25) is 0 Å². The molecule has 1 saturated carbocycles. The van der Waals surface area contributed by atoms with Crippen molar-refractivity contribution in [1.29, 1.82) is 0 Å². The van der Waals surface area contributed by atoms with Crippen molar-refractivity contribution in [3.63, 3.8) is 0 Å². The van der Waals surface area contributed by atoms with E-state index in [0.717, 1.165) is 24.1 Å². The van der Waals surface area contributed by atoms with E-state index in [2.05, 4.69) is 20.4 Å². The standard InChI is InChI=1S/C25H27FN6O2S/c26-19-8-6-18(7-9-19)24-28-29-25(32(24)21-4-2-1-3-5-21)35-17-23(34)31-14-12-30(13-15-31)16-22(33)27-20-10-11-20/h1-9,20H,10-17H2,(H,27,33). The van der Waals surface area contributed by atoms with Crippen LogP contribution in [0.3, 0.4) is 0 Å². The number of rotatable bonds is 8. The van der Waals surface area contributed by atoms with Crippen LogP contribution in [-0.4, -0.2) is 80.9 Å². The Kier molecular flexibility index (Phi) is 7.10. The van der Waals surface area contributed by atoms with Gasteiger partial charge in [0.25, 0.3) is 0 Å². The van der Waals surface area contributed by atoms with Gasteiger partial charge in [-0.3, -0.25) is 19.1 Å². The molecule has 2 fully saturated rings. The van der Waals surface area contributed by atoms with Gasteiger partial charge in [0.15, 0.2) is 11.0 Å². The van der Waals surface area contributed by atoms with Gasteiger partial charge < -0.3 is 10.2 Å². The zero-order valence-electron chi connectivity index (χ0n) is 19.3. The predicted molar refractivity (Wildman–Crippen MR) is 132 cm³/mol. The zero-order valence-corrected chi connectivity index (χ0v) is 20.1. The van der Waals surface area contributed by atoms with Crippen LogP contribution in [0.15, 0.2) is 59.8 Å². The van der Waals surface area contributed by atoms with Gasteiger partial charge in [0.2, 0.25) is 11.8 Å². The van der Waals surface area contributed by atoms with Gasteiger partial charge in [-0.2, -0.15) is 0 Å². The van der Waals surface area contributed by atoms with Gasteiger partial charge >= 0.3 is 0 Å². The summed E-state index contributed by atoms with van der Waals surface area (Å²) in [5.74, 6) is 0.604. The summed E-state index contributed by atoms with van der Waals surface area (Å²) in [6, 6.07) is 16.2. The van der Waals surface area contributed by atoms with E-state index in [1.807, 2.05) is 39.8 Å². The average molecular weight is 495 g/mol. The molecule has 0 spiro atoms. The number of benzene rings is 2. The summed E-state index contributed by atoms with van der Waals surface area (Å²) in [6.07, 6.45) is 2.16. The molecule has 1 aliphatic heterocycles. The minimum atomic E-state index is -0.316. The molecule has 5 rings (SSSR count). The Hall–Kier alpha value is -3.24. The van der Waals surface area contributed by atoms with Crippen molar-refractivity contribution in [3.8, 4) is 17.1 Å². The van der Waals surface area contributed by atoms with Crippen LogP contribution in [0, 0.1) is 5.82 Å². The third kappa shape index (κ3) is 5.88. The highest BCUT2D eigenvalue weighted by Crippen LogP contribution is 2.28. The molecule has 0 bridgehead atoms. The number of nitrogens with one attached hydrogen (secondary N) is 1. The summed E-state index contributed by atoms with van der Waals surface area (Å²) >= 11 is 1.33. The fraction of sp³-hybridized carbons (Fsp3) is 0.360. The number of para-hydroxylation sites is 1. The monoisotopic (exact) mass is 494 g/mol. The van der Waals surface area contributed by atoms with E-state index in [0.29, 0.717) is 49.7 Å². The van der Waals surface area contributed by atoms with Crippen molar-refractivity contribution in [2.75, 3.05) is 38.5 Å². The highest BCUT2D eigenvalue weighted by Gasteiger charge is 2.27. The minimum Gasteiger partial charge on any atom is -0.352 e. The molecule has 1 aromatic heterocycles. The lowest BCUT2D eigenvalue weighted by Crippen LogP contribution is -2.51.